The molecule has 6 nitrogen and oxygen atoms in total. The molecule has 1 amide bonds. The zero-order valence-electron chi connectivity index (χ0n) is 15.4. The predicted octanol–water partition coefficient (Wildman–Crippen LogP) is 2.34. The Balaban J connectivity index is 1.72. The highest BCUT2D eigenvalue weighted by molar-refractivity contribution is 5.94. The summed E-state index contributed by atoms with van der Waals surface area (Å²) in [5.74, 6) is 1.32. The minimum atomic E-state index is -0.00167. The van der Waals surface area contributed by atoms with Gasteiger partial charge < -0.3 is 14.4 Å². The second-order valence-corrected chi connectivity index (χ2v) is 7.07. The van der Waals surface area contributed by atoms with E-state index in [-0.39, 0.29) is 11.8 Å². The van der Waals surface area contributed by atoms with Gasteiger partial charge in [-0.2, -0.15) is 5.26 Å². The molecule has 0 N–H and O–H groups in total. The molecule has 3 rings (SSSR count). The summed E-state index contributed by atoms with van der Waals surface area (Å²) in [4.78, 5) is 21.5. The Morgan fingerprint density at radius 1 is 1.42 bits per heavy atom. The van der Waals surface area contributed by atoms with Crippen LogP contribution in [0.15, 0.2) is 36.7 Å². The van der Waals surface area contributed by atoms with Crippen LogP contribution in [-0.2, 0) is 6.54 Å². The number of carbonyl (C=O) groups is 1. The fourth-order valence-electron chi connectivity index (χ4n) is 3.45. The molecule has 6 heteroatoms. The van der Waals surface area contributed by atoms with Crippen LogP contribution in [0.5, 0.6) is 0 Å². The number of likely N-dealkylation sites (N-methyl/N-ethyl adjacent to an activating group) is 1. The number of aromatic nitrogens is 2. The van der Waals surface area contributed by atoms with Crippen LogP contribution in [0.1, 0.15) is 40.5 Å². The number of nitrogens with zero attached hydrogens (tertiary/aromatic N) is 5. The second-order valence-electron chi connectivity index (χ2n) is 7.07. The van der Waals surface area contributed by atoms with Crippen molar-refractivity contribution >= 4 is 5.91 Å². The molecule has 1 atom stereocenters. The molecule has 1 aromatic carbocycles. The maximum atomic E-state index is 12.9. The number of likely N-dealkylation sites (tertiary alicyclic amines) is 1. The van der Waals surface area contributed by atoms with Gasteiger partial charge in [-0.25, -0.2) is 4.98 Å². The first-order valence-electron chi connectivity index (χ1n) is 9.03. The first kappa shape index (κ1) is 18.2. The third-order valence-corrected chi connectivity index (χ3v) is 4.85. The molecular formula is C20H25N5O. The predicted molar refractivity (Wildman–Crippen MR) is 99.8 cm³/mol. The Morgan fingerprint density at radius 3 is 3.04 bits per heavy atom. The van der Waals surface area contributed by atoms with Crippen molar-refractivity contribution in [2.24, 2.45) is 0 Å². The quantitative estimate of drug-likeness (QED) is 0.829. The molecule has 26 heavy (non-hydrogen) atoms. The summed E-state index contributed by atoms with van der Waals surface area (Å²) in [6, 6.07) is 9.04. The number of hydrogen-bond acceptors (Lipinski definition) is 4. The number of hydrogen-bond donors (Lipinski definition) is 0. The van der Waals surface area contributed by atoms with E-state index < -0.39 is 0 Å². The van der Waals surface area contributed by atoms with E-state index in [9.17, 15) is 4.79 Å². The first-order valence-corrected chi connectivity index (χ1v) is 9.03. The highest BCUT2D eigenvalue weighted by Crippen LogP contribution is 2.27. The Morgan fingerprint density at radius 2 is 2.27 bits per heavy atom. The van der Waals surface area contributed by atoms with E-state index in [1.165, 1.54) is 0 Å². The topological polar surface area (TPSA) is 65.2 Å². The molecule has 1 aliphatic rings. The van der Waals surface area contributed by atoms with E-state index >= 15 is 0 Å². The van der Waals surface area contributed by atoms with Crippen LogP contribution >= 0.6 is 0 Å². The molecule has 0 aliphatic carbocycles. The number of nitriles is 1. The fraction of sp³-hybridized carbons (Fsp3) is 0.450. The summed E-state index contributed by atoms with van der Waals surface area (Å²) in [6.45, 7) is 3.29. The Labute approximate surface area is 154 Å². The van der Waals surface area contributed by atoms with Gasteiger partial charge in [-0.05, 0) is 45.1 Å². The van der Waals surface area contributed by atoms with Crippen molar-refractivity contribution in [3.05, 3.63) is 53.6 Å². The molecule has 0 radical (unpaired) electrons. The molecule has 2 heterocycles. The minimum absolute atomic E-state index is 0.00167. The second kappa shape index (κ2) is 8.15. The number of piperidine rings is 1. The molecule has 1 aliphatic heterocycles. The first-order chi connectivity index (χ1) is 12.6. The summed E-state index contributed by atoms with van der Waals surface area (Å²) in [5, 5.41) is 9.05. The SMILES string of the molecule is CN(C)CCn1ccnc1[C@@H]1CCCN(C(=O)c2cccc(C#N)c2)C1. The van der Waals surface area contributed by atoms with Crippen molar-refractivity contribution in [3.8, 4) is 6.07 Å². The van der Waals surface area contributed by atoms with Gasteiger partial charge in [-0.15, -0.1) is 0 Å². The summed E-state index contributed by atoms with van der Waals surface area (Å²) in [7, 11) is 4.12. The number of benzene rings is 1. The summed E-state index contributed by atoms with van der Waals surface area (Å²) in [6.07, 6.45) is 5.88. The monoisotopic (exact) mass is 351 g/mol. The van der Waals surface area contributed by atoms with Gasteiger partial charge in [0, 0.05) is 50.1 Å². The molecular weight excluding hydrogens is 326 g/mol. The maximum absolute atomic E-state index is 12.9. The zero-order chi connectivity index (χ0) is 18.5. The van der Waals surface area contributed by atoms with Crippen molar-refractivity contribution < 1.29 is 4.79 Å². The van der Waals surface area contributed by atoms with Crippen LogP contribution in [0.4, 0.5) is 0 Å². The lowest BCUT2D eigenvalue weighted by Crippen LogP contribution is -2.40. The van der Waals surface area contributed by atoms with Gasteiger partial charge in [-0.1, -0.05) is 6.07 Å². The van der Waals surface area contributed by atoms with Crippen LogP contribution in [0, 0.1) is 11.3 Å². The number of rotatable bonds is 5. The Kier molecular flexibility index (Phi) is 5.69. The standard InChI is InChI=1S/C20H25N5O/c1-23(2)11-12-24-10-8-22-19(24)18-7-4-9-25(15-18)20(26)17-6-3-5-16(13-17)14-21/h3,5-6,8,10,13,18H,4,7,9,11-12,15H2,1-2H3/t18-/m1/s1. The smallest absolute Gasteiger partial charge is 0.253 e. The van der Waals surface area contributed by atoms with Gasteiger partial charge in [0.1, 0.15) is 5.82 Å². The summed E-state index contributed by atoms with van der Waals surface area (Å²) >= 11 is 0. The van der Waals surface area contributed by atoms with Crippen LogP contribution in [0.3, 0.4) is 0 Å². The van der Waals surface area contributed by atoms with E-state index in [1.807, 2.05) is 17.3 Å². The lowest BCUT2D eigenvalue weighted by molar-refractivity contribution is 0.0703. The van der Waals surface area contributed by atoms with E-state index in [0.717, 1.165) is 38.3 Å². The van der Waals surface area contributed by atoms with E-state index in [0.29, 0.717) is 17.7 Å². The molecule has 0 unspecified atom stereocenters. The largest absolute Gasteiger partial charge is 0.338 e. The van der Waals surface area contributed by atoms with Crippen molar-refractivity contribution in [1.29, 1.82) is 5.26 Å². The van der Waals surface area contributed by atoms with E-state index in [4.69, 9.17) is 5.26 Å². The van der Waals surface area contributed by atoms with Crippen LogP contribution in [0.25, 0.3) is 0 Å². The molecule has 1 saturated heterocycles. The molecule has 0 spiro atoms. The molecule has 2 aromatic rings. The van der Waals surface area contributed by atoms with Gasteiger partial charge in [-0.3, -0.25) is 4.79 Å². The van der Waals surface area contributed by atoms with Gasteiger partial charge in [0.05, 0.1) is 11.6 Å². The zero-order valence-corrected chi connectivity index (χ0v) is 15.4. The Bertz CT molecular complexity index is 805. The van der Waals surface area contributed by atoms with Crippen molar-refractivity contribution in [3.63, 3.8) is 0 Å². The van der Waals surface area contributed by atoms with E-state index in [2.05, 4.69) is 34.6 Å². The highest BCUT2D eigenvalue weighted by Gasteiger charge is 2.28. The molecule has 1 aromatic heterocycles. The third-order valence-electron chi connectivity index (χ3n) is 4.85. The normalized spacial score (nSPS) is 17.3. The van der Waals surface area contributed by atoms with Crippen LogP contribution in [-0.4, -0.2) is 59.0 Å². The lowest BCUT2D eigenvalue weighted by Gasteiger charge is -2.33. The van der Waals surface area contributed by atoms with Gasteiger partial charge in [0.25, 0.3) is 5.91 Å². The average Bonchev–Trinajstić information content (AvgIpc) is 3.14. The van der Waals surface area contributed by atoms with Gasteiger partial charge >= 0.3 is 0 Å². The molecule has 136 valence electrons. The average molecular weight is 351 g/mol. The van der Waals surface area contributed by atoms with Gasteiger partial charge in [0.15, 0.2) is 0 Å². The Hall–Kier alpha value is -2.65. The molecule has 1 fully saturated rings. The fourth-order valence-corrected chi connectivity index (χ4v) is 3.45. The number of imidazole rings is 1. The van der Waals surface area contributed by atoms with Crippen molar-refractivity contribution in [1.82, 2.24) is 19.4 Å². The summed E-state index contributed by atoms with van der Waals surface area (Å²) < 4.78 is 2.20. The minimum Gasteiger partial charge on any atom is -0.338 e. The molecule has 0 saturated carbocycles. The van der Waals surface area contributed by atoms with Crippen molar-refractivity contribution in [2.45, 2.75) is 25.3 Å². The maximum Gasteiger partial charge on any atom is 0.253 e. The van der Waals surface area contributed by atoms with Gasteiger partial charge in [0.2, 0.25) is 0 Å². The lowest BCUT2D eigenvalue weighted by atomic mass is 9.96. The van der Waals surface area contributed by atoms with Crippen LogP contribution < -0.4 is 0 Å². The molecule has 0 bridgehead atoms. The van der Waals surface area contributed by atoms with E-state index in [1.54, 1.807) is 24.3 Å². The third kappa shape index (κ3) is 4.12. The summed E-state index contributed by atoms with van der Waals surface area (Å²) in [5.41, 5.74) is 1.10. The van der Waals surface area contributed by atoms with Crippen LogP contribution in [0.2, 0.25) is 0 Å². The van der Waals surface area contributed by atoms with Crippen molar-refractivity contribution in [2.75, 3.05) is 33.7 Å². The number of carbonyl (C=O) groups excluding carboxylic acids is 1. The number of amides is 1. The highest BCUT2D eigenvalue weighted by atomic mass is 16.2.